The number of rotatable bonds is 4. The number of anilines is 1. The Kier molecular flexibility index (Phi) is 5.52. The van der Waals surface area contributed by atoms with E-state index in [1.165, 1.54) is 12.4 Å². The van der Waals surface area contributed by atoms with Crippen LogP contribution in [0.2, 0.25) is 0 Å². The first-order valence-corrected chi connectivity index (χ1v) is 9.66. The van der Waals surface area contributed by atoms with Gasteiger partial charge < -0.3 is 15.4 Å². The number of amides is 2. The zero-order valence-electron chi connectivity index (χ0n) is 15.8. The van der Waals surface area contributed by atoms with Gasteiger partial charge in [-0.25, -0.2) is 14.8 Å². The molecule has 3 aromatic rings. The number of ether oxygens (including phenoxy) is 1. The van der Waals surface area contributed by atoms with Gasteiger partial charge in [0.05, 0.1) is 5.69 Å². The van der Waals surface area contributed by atoms with E-state index in [0.29, 0.717) is 0 Å². The third-order valence-electron chi connectivity index (χ3n) is 5.10. The summed E-state index contributed by atoms with van der Waals surface area (Å²) >= 11 is 0. The predicted molar refractivity (Wildman–Crippen MR) is 110 cm³/mol. The van der Waals surface area contributed by atoms with Crippen molar-refractivity contribution in [2.75, 3.05) is 5.32 Å². The second kappa shape index (κ2) is 8.57. The van der Waals surface area contributed by atoms with Crippen LogP contribution in [0, 0.1) is 11.3 Å². The highest BCUT2D eigenvalue weighted by atomic mass is 16.5. The van der Waals surface area contributed by atoms with Gasteiger partial charge in [-0.3, -0.25) is 0 Å². The van der Waals surface area contributed by atoms with E-state index in [4.69, 9.17) is 10.00 Å². The van der Waals surface area contributed by atoms with Crippen molar-refractivity contribution in [3.8, 4) is 11.9 Å². The van der Waals surface area contributed by atoms with Crippen LogP contribution >= 0.6 is 0 Å². The molecule has 1 aliphatic carbocycles. The molecule has 1 aromatic heterocycles. The lowest BCUT2D eigenvalue weighted by Gasteiger charge is -2.29. The van der Waals surface area contributed by atoms with Crippen LogP contribution < -0.4 is 15.4 Å². The molecule has 0 saturated heterocycles. The normalized spacial score (nSPS) is 18.6. The highest BCUT2D eigenvalue weighted by molar-refractivity contribution is 6.01. The van der Waals surface area contributed by atoms with Gasteiger partial charge in [-0.05, 0) is 37.1 Å². The summed E-state index contributed by atoms with van der Waals surface area (Å²) in [5, 5.41) is 17.2. The maximum absolute atomic E-state index is 12.5. The zero-order chi connectivity index (χ0) is 20.1. The van der Waals surface area contributed by atoms with E-state index >= 15 is 0 Å². The number of nitrogens with one attached hydrogen (secondary N) is 2. The lowest BCUT2D eigenvalue weighted by Crippen LogP contribution is -2.41. The van der Waals surface area contributed by atoms with Crippen molar-refractivity contribution >= 4 is 22.5 Å². The second-order valence-corrected chi connectivity index (χ2v) is 7.04. The number of carbonyl (C=O) groups excluding carboxylic acids is 1. The number of hydrogen-bond donors (Lipinski definition) is 2. The Morgan fingerprint density at radius 2 is 1.79 bits per heavy atom. The predicted octanol–water partition coefficient (Wildman–Crippen LogP) is 4.01. The molecule has 7 nitrogen and oxygen atoms in total. The van der Waals surface area contributed by atoms with Crippen LogP contribution in [0.4, 0.5) is 10.5 Å². The quantitative estimate of drug-likeness (QED) is 0.704. The Balaban J connectivity index is 1.30. The molecule has 2 aromatic carbocycles. The Morgan fingerprint density at radius 3 is 2.62 bits per heavy atom. The molecule has 29 heavy (non-hydrogen) atoms. The summed E-state index contributed by atoms with van der Waals surface area (Å²) in [6.07, 6.45) is 6.12. The zero-order valence-corrected chi connectivity index (χ0v) is 15.8. The SMILES string of the molecule is N#Cc1nccnc1OC1CCC(NC(=O)Nc2cccc3ccccc23)CC1. The summed E-state index contributed by atoms with van der Waals surface area (Å²) in [4.78, 5) is 20.5. The number of fused-ring (bicyclic) bond motifs is 1. The largest absolute Gasteiger partial charge is 0.472 e. The Hall–Kier alpha value is -3.66. The van der Waals surface area contributed by atoms with Crippen molar-refractivity contribution in [1.29, 1.82) is 5.26 Å². The van der Waals surface area contributed by atoms with Gasteiger partial charge in [0.1, 0.15) is 12.2 Å². The highest BCUT2D eigenvalue weighted by Crippen LogP contribution is 2.25. The summed E-state index contributed by atoms with van der Waals surface area (Å²) in [5.41, 5.74) is 0.992. The van der Waals surface area contributed by atoms with E-state index in [2.05, 4.69) is 20.6 Å². The van der Waals surface area contributed by atoms with Crippen LogP contribution in [0.3, 0.4) is 0 Å². The number of aromatic nitrogens is 2. The lowest BCUT2D eigenvalue weighted by atomic mass is 9.93. The number of urea groups is 1. The smallest absolute Gasteiger partial charge is 0.319 e. The van der Waals surface area contributed by atoms with Crippen molar-refractivity contribution in [2.24, 2.45) is 0 Å². The van der Waals surface area contributed by atoms with Crippen LogP contribution in [0.25, 0.3) is 10.8 Å². The number of nitriles is 1. The molecular weight excluding hydrogens is 366 g/mol. The molecule has 4 rings (SSSR count). The van der Waals surface area contributed by atoms with Crippen LogP contribution in [-0.2, 0) is 0 Å². The van der Waals surface area contributed by atoms with Gasteiger partial charge in [-0.1, -0.05) is 36.4 Å². The maximum atomic E-state index is 12.5. The molecular formula is C22H21N5O2. The van der Waals surface area contributed by atoms with Gasteiger partial charge in [0.25, 0.3) is 5.88 Å². The molecule has 2 N–H and O–H groups in total. The Bertz CT molecular complexity index is 1050. The van der Waals surface area contributed by atoms with Gasteiger partial charge >= 0.3 is 6.03 Å². The monoisotopic (exact) mass is 387 g/mol. The fourth-order valence-electron chi connectivity index (χ4n) is 3.65. The van der Waals surface area contributed by atoms with E-state index in [9.17, 15) is 4.79 Å². The molecule has 0 bridgehead atoms. The third-order valence-corrected chi connectivity index (χ3v) is 5.10. The number of carbonyl (C=O) groups is 1. The first-order valence-electron chi connectivity index (χ1n) is 9.66. The van der Waals surface area contributed by atoms with E-state index < -0.39 is 0 Å². The standard InChI is InChI=1S/C22H21N5O2/c23-14-20-21(25-13-12-24-20)29-17-10-8-16(9-11-17)26-22(28)27-19-7-3-5-15-4-1-2-6-18(15)19/h1-7,12-13,16-17H,8-11H2,(H2,26,27,28). The van der Waals surface area contributed by atoms with Crippen molar-refractivity contribution in [1.82, 2.24) is 15.3 Å². The molecule has 0 radical (unpaired) electrons. The topological polar surface area (TPSA) is 99.9 Å². The molecule has 2 amide bonds. The van der Waals surface area contributed by atoms with Gasteiger partial charge in [-0.2, -0.15) is 5.26 Å². The van der Waals surface area contributed by atoms with Crippen molar-refractivity contribution in [2.45, 2.75) is 37.8 Å². The molecule has 0 unspecified atom stereocenters. The number of nitrogens with zero attached hydrogens (tertiary/aromatic N) is 3. The molecule has 0 spiro atoms. The van der Waals surface area contributed by atoms with E-state index in [0.717, 1.165) is 42.1 Å². The van der Waals surface area contributed by atoms with Crippen LogP contribution in [0.1, 0.15) is 31.4 Å². The van der Waals surface area contributed by atoms with Gasteiger partial charge in [0.15, 0.2) is 0 Å². The molecule has 1 aliphatic rings. The summed E-state index contributed by atoms with van der Waals surface area (Å²) in [7, 11) is 0. The molecule has 7 heteroatoms. The minimum Gasteiger partial charge on any atom is -0.472 e. The second-order valence-electron chi connectivity index (χ2n) is 7.04. The molecule has 1 saturated carbocycles. The van der Waals surface area contributed by atoms with Crippen LogP contribution in [0.5, 0.6) is 5.88 Å². The minimum absolute atomic E-state index is 0.0296. The molecule has 146 valence electrons. The molecule has 1 fully saturated rings. The van der Waals surface area contributed by atoms with E-state index in [-0.39, 0.29) is 29.8 Å². The Labute approximate surface area is 168 Å². The number of hydrogen-bond acceptors (Lipinski definition) is 5. The Morgan fingerprint density at radius 1 is 1.03 bits per heavy atom. The maximum Gasteiger partial charge on any atom is 0.319 e. The number of benzene rings is 2. The summed E-state index contributed by atoms with van der Waals surface area (Å²) in [6.45, 7) is 0. The van der Waals surface area contributed by atoms with Gasteiger partial charge in [-0.15, -0.1) is 0 Å². The van der Waals surface area contributed by atoms with Crippen molar-refractivity contribution < 1.29 is 9.53 Å². The summed E-state index contributed by atoms with van der Waals surface area (Å²) in [5.74, 6) is 0.278. The average Bonchev–Trinajstić information content (AvgIpc) is 2.76. The van der Waals surface area contributed by atoms with Gasteiger partial charge in [0, 0.05) is 23.8 Å². The van der Waals surface area contributed by atoms with E-state index in [1.54, 1.807) is 0 Å². The first kappa shape index (κ1) is 18.7. The minimum atomic E-state index is -0.202. The van der Waals surface area contributed by atoms with E-state index in [1.807, 2.05) is 48.5 Å². The van der Waals surface area contributed by atoms with Crippen LogP contribution in [-0.4, -0.2) is 28.1 Å². The highest BCUT2D eigenvalue weighted by Gasteiger charge is 2.25. The third kappa shape index (κ3) is 4.43. The fourth-order valence-corrected chi connectivity index (χ4v) is 3.65. The first-order chi connectivity index (χ1) is 14.2. The summed E-state index contributed by atoms with van der Waals surface area (Å²) in [6, 6.07) is 15.7. The van der Waals surface area contributed by atoms with Crippen molar-refractivity contribution in [3.63, 3.8) is 0 Å². The molecule has 1 heterocycles. The lowest BCUT2D eigenvalue weighted by molar-refractivity contribution is 0.134. The van der Waals surface area contributed by atoms with Gasteiger partial charge in [0.2, 0.25) is 5.69 Å². The molecule has 0 aliphatic heterocycles. The van der Waals surface area contributed by atoms with Crippen LogP contribution in [0.15, 0.2) is 54.9 Å². The van der Waals surface area contributed by atoms with Crippen molar-refractivity contribution in [3.05, 3.63) is 60.6 Å². The molecule has 0 atom stereocenters. The average molecular weight is 387 g/mol. The fraction of sp³-hybridized carbons (Fsp3) is 0.273. The summed E-state index contributed by atoms with van der Waals surface area (Å²) < 4.78 is 5.85.